The van der Waals surface area contributed by atoms with Crippen LogP contribution in [0.15, 0.2) is 206 Å². The first-order chi connectivity index (χ1) is 28.8. The Morgan fingerprint density at radius 3 is 1.76 bits per heavy atom. The molecule has 0 aliphatic carbocycles. The molecule has 5 heteroatoms. The third-order valence-corrected chi connectivity index (χ3v) is 11.6. The van der Waals surface area contributed by atoms with E-state index in [0.717, 1.165) is 44.7 Å². The lowest BCUT2D eigenvalue weighted by molar-refractivity contribution is -0.505. The Hall–Kier alpha value is -7.89. The van der Waals surface area contributed by atoms with Crippen LogP contribution in [0.3, 0.4) is 0 Å². The second-order valence-electron chi connectivity index (χ2n) is 14.9. The van der Waals surface area contributed by atoms with Gasteiger partial charge in [0, 0.05) is 33.3 Å². The Bertz CT molecular complexity index is 3550. The number of para-hydroxylation sites is 2. The number of fused-ring (bicyclic) bond motifs is 9. The lowest BCUT2D eigenvalue weighted by Crippen LogP contribution is -2.28. The number of aromatic nitrogens is 5. The number of pyridine rings is 1. The van der Waals surface area contributed by atoms with Crippen molar-refractivity contribution in [2.75, 3.05) is 0 Å². The summed E-state index contributed by atoms with van der Waals surface area (Å²) in [4.78, 5) is 10.6. The average Bonchev–Trinajstić information content (AvgIpc) is 3.82. The van der Waals surface area contributed by atoms with Crippen LogP contribution in [0.1, 0.15) is 0 Å². The normalized spacial score (nSPS) is 11.8. The summed E-state index contributed by atoms with van der Waals surface area (Å²) in [5.74, 6) is 1.46. The zero-order chi connectivity index (χ0) is 38.2. The molecule has 0 radical (unpaired) electrons. The highest BCUT2D eigenvalue weighted by molar-refractivity contribution is 6.22. The zero-order valence-corrected chi connectivity index (χ0v) is 31.4. The Balaban J connectivity index is 1.07. The van der Waals surface area contributed by atoms with Gasteiger partial charge in [-0.15, -0.1) is 0 Å². The third-order valence-electron chi connectivity index (χ3n) is 11.6. The summed E-state index contributed by atoms with van der Waals surface area (Å²) in [6, 6.07) is 71.4. The number of rotatable bonds is 5. The Kier molecular flexibility index (Phi) is 7.16. The molecule has 0 aliphatic rings. The molecule has 0 unspecified atom stereocenters. The van der Waals surface area contributed by atoms with Crippen LogP contribution < -0.4 is 4.40 Å². The van der Waals surface area contributed by atoms with Crippen molar-refractivity contribution < 1.29 is 4.40 Å². The molecule has 5 nitrogen and oxygen atoms in total. The first-order valence-electron chi connectivity index (χ1n) is 19.7. The molecule has 12 aromatic rings. The summed E-state index contributed by atoms with van der Waals surface area (Å²) in [7, 11) is 0. The Morgan fingerprint density at radius 2 is 0.948 bits per heavy atom. The number of benzene rings is 8. The first-order valence-corrected chi connectivity index (χ1v) is 19.7. The van der Waals surface area contributed by atoms with Gasteiger partial charge in [-0.2, -0.15) is 4.40 Å². The number of nitrogens with zero attached hydrogens (tertiary/aromatic N) is 5. The SMILES string of the molecule is c1ccc(-c2ccc(-c3nc(-n4c5ccc(-c6ccc7c(c6)c6ccccc6n7-c6ccccc6)cc5c5c6ccccc6ccc54)nc4cccc[n+]34)cc2)cc1. The van der Waals surface area contributed by atoms with Gasteiger partial charge in [0.05, 0.1) is 33.8 Å². The standard InChI is InChI=1S/C53H34N5/c1-3-13-35(14-4-1)36-22-24-38(25-23-36)52-55-53(54-50-21-11-12-32-56(50)52)58-48-30-28-40(34-45(48)51-42-18-8-7-15-37(42)26-31-49(51)58)39-27-29-47-44(33-39)43-19-9-10-20-46(43)57(47)41-16-5-2-6-17-41/h1-34H/q+1. The molecule has 0 saturated heterocycles. The zero-order valence-electron chi connectivity index (χ0n) is 31.4. The van der Waals surface area contributed by atoms with E-state index in [1.807, 2.05) is 24.4 Å². The second kappa shape index (κ2) is 12.8. The fourth-order valence-electron chi connectivity index (χ4n) is 8.92. The quantitative estimate of drug-likeness (QED) is 0.165. The van der Waals surface area contributed by atoms with Gasteiger partial charge in [0.15, 0.2) is 0 Å². The molecule has 0 spiro atoms. The summed E-state index contributed by atoms with van der Waals surface area (Å²) in [6.07, 6.45) is 2.04. The maximum Gasteiger partial charge on any atom is 0.387 e. The molecule has 4 heterocycles. The van der Waals surface area contributed by atoms with Crippen molar-refractivity contribution in [2.45, 2.75) is 0 Å². The highest BCUT2D eigenvalue weighted by Crippen LogP contribution is 2.40. The highest BCUT2D eigenvalue weighted by atomic mass is 15.2. The number of hydrogen-bond acceptors (Lipinski definition) is 2. The summed E-state index contributed by atoms with van der Waals surface area (Å²) >= 11 is 0. The van der Waals surface area contributed by atoms with E-state index < -0.39 is 0 Å². The highest BCUT2D eigenvalue weighted by Gasteiger charge is 2.25. The van der Waals surface area contributed by atoms with E-state index in [-0.39, 0.29) is 0 Å². The topological polar surface area (TPSA) is 39.7 Å². The van der Waals surface area contributed by atoms with Crippen LogP contribution in [0, 0.1) is 0 Å². The molecule has 0 aliphatic heterocycles. The van der Waals surface area contributed by atoms with Gasteiger partial charge in [-0.05, 0) is 110 Å². The predicted molar refractivity (Wildman–Crippen MR) is 238 cm³/mol. The molecule has 0 amide bonds. The summed E-state index contributed by atoms with van der Waals surface area (Å²) in [5, 5.41) is 7.22. The van der Waals surface area contributed by atoms with Crippen molar-refractivity contribution >= 4 is 60.0 Å². The minimum absolute atomic E-state index is 0.631. The van der Waals surface area contributed by atoms with Gasteiger partial charge >= 0.3 is 5.95 Å². The fourth-order valence-corrected chi connectivity index (χ4v) is 8.92. The van der Waals surface area contributed by atoms with Crippen molar-refractivity contribution in [2.24, 2.45) is 0 Å². The molecule has 8 aromatic carbocycles. The van der Waals surface area contributed by atoms with Gasteiger partial charge in [-0.1, -0.05) is 127 Å². The van der Waals surface area contributed by atoms with E-state index >= 15 is 0 Å². The molecule has 0 atom stereocenters. The summed E-state index contributed by atoms with van der Waals surface area (Å²) in [6.45, 7) is 0. The molecule has 270 valence electrons. The lowest BCUT2D eigenvalue weighted by atomic mass is 9.99. The largest absolute Gasteiger partial charge is 0.387 e. The van der Waals surface area contributed by atoms with E-state index in [9.17, 15) is 0 Å². The van der Waals surface area contributed by atoms with E-state index in [1.165, 1.54) is 54.7 Å². The maximum atomic E-state index is 5.38. The van der Waals surface area contributed by atoms with Gasteiger partial charge in [-0.3, -0.25) is 0 Å². The van der Waals surface area contributed by atoms with Crippen molar-refractivity contribution in [3.05, 3.63) is 206 Å². The third kappa shape index (κ3) is 5.00. The molecular formula is C53H34N5+. The van der Waals surface area contributed by atoms with Crippen molar-refractivity contribution in [1.82, 2.24) is 19.1 Å². The van der Waals surface area contributed by atoms with E-state index in [4.69, 9.17) is 9.97 Å². The minimum Gasteiger partial charge on any atom is -0.309 e. The molecule has 0 saturated carbocycles. The van der Waals surface area contributed by atoms with Gasteiger partial charge in [-0.25, -0.2) is 4.57 Å². The van der Waals surface area contributed by atoms with Crippen molar-refractivity contribution in [3.8, 4) is 45.3 Å². The molecular weight excluding hydrogens is 707 g/mol. The average molecular weight is 741 g/mol. The van der Waals surface area contributed by atoms with Crippen molar-refractivity contribution in [1.29, 1.82) is 0 Å². The lowest BCUT2D eigenvalue weighted by Gasteiger charge is -2.08. The number of hydrogen-bond donors (Lipinski definition) is 0. The van der Waals surface area contributed by atoms with Crippen LogP contribution in [0.5, 0.6) is 0 Å². The van der Waals surface area contributed by atoms with Crippen LogP contribution >= 0.6 is 0 Å². The second-order valence-corrected chi connectivity index (χ2v) is 14.9. The summed E-state index contributed by atoms with van der Waals surface area (Å²) < 4.78 is 6.69. The van der Waals surface area contributed by atoms with E-state index in [0.29, 0.717) is 5.95 Å². The van der Waals surface area contributed by atoms with Gasteiger partial charge in [0.25, 0.3) is 11.5 Å². The van der Waals surface area contributed by atoms with Crippen molar-refractivity contribution in [3.63, 3.8) is 0 Å². The van der Waals surface area contributed by atoms with Gasteiger partial charge in [0.1, 0.15) is 0 Å². The molecule has 0 fully saturated rings. The molecule has 12 rings (SSSR count). The molecule has 0 N–H and O–H groups in total. The molecule has 0 bridgehead atoms. The van der Waals surface area contributed by atoms with Crippen LogP contribution in [0.4, 0.5) is 0 Å². The van der Waals surface area contributed by atoms with Crippen LogP contribution in [0.25, 0.3) is 105 Å². The smallest absolute Gasteiger partial charge is 0.309 e. The monoisotopic (exact) mass is 740 g/mol. The van der Waals surface area contributed by atoms with Crippen LogP contribution in [-0.4, -0.2) is 19.1 Å². The van der Waals surface area contributed by atoms with Crippen LogP contribution in [0.2, 0.25) is 0 Å². The van der Waals surface area contributed by atoms with Crippen LogP contribution in [-0.2, 0) is 0 Å². The van der Waals surface area contributed by atoms with Gasteiger partial charge < -0.3 is 4.57 Å². The van der Waals surface area contributed by atoms with Gasteiger partial charge in [0.2, 0.25) is 0 Å². The fraction of sp³-hybridized carbons (Fsp3) is 0. The maximum absolute atomic E-state index is 5.38. The summed E-state index contributed by atoms with van der Waals surface area (Å²) in [5.41, 5.74) is 12.2. The Morgan fingerprint density at radius 1 is 0.362 bits per heavy atom. The Labute approximate surface area is 334 Å². The molecule has 58 heavy (non-hydrogen) atoms. The van der Waals surface area contributed by atoms with E-state index in [1.54, 1.807) is 0 Å². The van der Waals surface area contributed by atoms with E-state index in [2.05, 4.69) is 196 Å². The predicted octanol–water partition coefficient (Wildman–Crippen LogP) is 12.6. The minimum atomic E-state index is 0.631. The first kappa shape index (κ1) is 32.4. The molecule has 4 aromatic heterocycles.